The first kappa shape index (κ1) is 20.8. The molecule has 0 aromatic heterocycles. The van der Waals surface area contributed by atoms with Crippen LogP contribution < -0.4 is 16.4 Å². The van der Waals surface area contributed by atoms with E-state index < -0.39 is 6.04 Å². The molecule has 2 aromatic rings. The molecule has 3 aliphatic rings. The lowest BCUT2D eigenvalue weighted by atomic mass is 9.86. The number of carbonyl (C=O) groups excluding carboxylic acids is 3. The summed E-state index contributed by atoms with van der Waals surface area (Å²) in [5.41, 5.74) is 12.4. The van der Waals surface area contributed by atoms with Gasteiger partial charge in [-0.15, -0.1) is 0 Å². The van der Waals surface area contributed by atoms with Crippen molar-refractivity contribution in [2.75, 3.05) is 0 Å². The van der Waals surface area contributed by atoms with Crippen LogP contribution in [-0.4, -0.2) is 28.7 Å². The highest BCUT2D eigenvalue weighted by Crippen LogP contribution is 2.33. The summed E-state index contributed by atoms with van der Waals surface area (Å²) in [5, 5.41) is 6.06. The SMILES string of the molecule is NCc1ccc2c(c1)CCCC2NCc1cccc2c1CN(C1CCC(=O)NC1=O)C2=O. The molecule has 4 N–H and O–H groups in total. The van der Waals surface area contributed by atoms with Crippen molar-refractivity contribution in [2.45, 2.75) is 63.8 Å². The standard InChI is InChI=1S/C25H28N4O3/c26-12-15-7-8-18-16(11-15)3-2-6-21(18)27-13-17-4-1-5-19-20(17)14-29(25(19)32)22-9-10-23(30)28-24(22)31/h1,4-5,7-8,11,21-22,27H,2-3,6,9-10,12-14,26H2,(H,28,30,31). The highest BCUT2D eigenvalue weighted by Gasteiger charge is 2.39. The molecule has 2 atom stereocenters. The van der Waals surface area contributed by atoms with E-state index in [-0.39, 0.29) is 30.2 Å². The third-order valence-corrected chi connectivity index (χ3v) is 6.98. The van der Waals surface area contributed by atoms with Crippen LogP contribution >= 0.6 is 0 Å². The molecular weight excluding hydrogens is 404 g/mol. The minimum Gasteiger partial charge on any atom is -0.326 e. The summed E-state index contributed by atoms with van der Waals surface area (Å²) in [7, 11) is 0. The number of rotatable bonds is 5. The number of hydrogen-bond donors (Lipinski definition) is 3. The summed E-state index contributed by atoms with van der Waals surface area (Å²) in [5.74, 6) is -0.780. The van der Waals surface area contributed by atoms with E-state index >= 15 is 0 Å². The number of benzene rings is 2. The van der Waals surface area contributed by atoms with Gasteiger partial charge in [0.25, 0.3) is 5.91 Å². The Kier molecular flexibility index (Phi) is 5.53. The van der Waals surface area contributed by atoms with Gasteiger partial charge in [-0.2, -0.15) is 0 Å². The minimum atomic E-state index is -0.588. The summed E-state index contributed by atoms with van der Waals surface area (Å²) in [6.45, 7) is 1.61. The lowest BCUT2D eigenvalue weighted by Gasteiger charge is -2.29. The number of carbonyl (C=O) groups is 3. The molecule has 0 spiro atoms. The zero-order valence-electron chi connectivity index (χ0n) is 18.0. The molecule has 1 aliphatic carbocycles. The third kappa shape index (κ3) is 3.72. The smallest absolute Gasteiger partial charge is 0.255 e. The second kappa shape index (κ2) is 8.48. The van der Waals surface area contributed by atoms with E-state index in [1.807, 2.05) is 18.2 Å². The molecule has 5 rings (SSSR count). The van der Waals surface area contributed by atoms with E-state index in [0.717, 1.165) is 36.0 Å². The van der Waals surface area contributed by atoms with Crippen molar-refractivity contribution in [3.63, 3.8) is 0 Å². The Balaban J connectivity index is 1.33. The quantitative estimate of drug-likeness (QED) is 0.628. The molecule has 2 aromatic carbocycles. The Morgan fingerprint density at radius 2 is 1.97 bits per heavy atom. The maximum atomic E-state index is 13.0. The van der Waals surface area contributed by atoms with E-state index in [1.54, 1.807) is 4.90 Å². The normalized spacial score (nSPS) is 22.5. The van der Waals surface area contributed by atoms with Gasteiger partial charge in [0.05, 0.1) is 0 Å². The Bertz CT molecular complexity index is 1100. The maximum Gasteiger partial charge on any atom is 0.255 e. The molecule has 2 unspecified atom stereocenters. The Morgan fingerprint density at radius 3 is 2.78 bits per heavy atom. The van der Waals surface area contributed by atoms with Crippen LogP contribution in [0.2, 0.25) is 0 Å². The largest absolute Gasteiger partial charge is 0.326 e. The van der Waals surface area contributed by atoms with E-state index in [9.17, 15) is 14.4 Å². The molecular formula is C25H28N4O3. The Labute approximate surface area is 187 Å². The molecule has 166 valence electrons. The highest BCUT2D eigenvalue weighted by molar-refractivity contribution is 6.05. The molecule has 0 bridgehead atoms. The fourth-order valence-electron chi connectivity index (χ4n) is 5.26. The van der Waals surface area contributed by atoms with Gasteiger partial charge in [0, 0.05) is 37.7 Å². The number of amides is 3. The van der Waals surface area contributed by atoms with Gasteiger partial charge in [-0.1, -0.05) is 30.3 Å². The number of nitrogens with zero attached hydrogens (tertiary/aromatic N) is 1. The van der Waals surface area contributed by atoms with Crippen LogP contribution in [0.25, 0.3) is 0 Å². The maximum absolute atomic E-state index is 13.0. The Morgan fingerprint density at radius 1 is 1.09 bits per heavy atom. The van der Waals surface area contributed by atoms with Crippen molar-refractivity contribution in [1.29, 1.82) is 0 Å². The molecule has 3 amide bonds. The van der Waals surface area contributed by atoms with E-state index in [0.29, 0.717) is 31.6 Å². The van der Waals surface area contributed by atoms with Gasteiger partial charge < -0.3 is 16.0 Å². The summed E-state index contributed by atoms with van der Waals surface area (Å²) < 4.78 is 0. The lowest BCUT2D eigenvalue weighted by Crippen LogP contribution is -2.52. The molecule has 2 aliphatic heterocycles. The fraction of sp³-hybridized carbons (Fsp3) is 0.400. The van der Waals surface area contributed by atoms with E-state index in [4.69, 9.17) is 5.73 Å². The summed E-state index contributed by atoms with van der Waals surface area (Å²) in [4.78, 5) is 38.5. The number of imide groups is 1. The second-order valence-corrected chi connectivity index (χ2v) is 8.91. The van der Waals surface area contributed by atoms with Crippen molar-refractivity contribution < 1.29 is 14.4 Å². The molecule has 1 saturated heterocycles. The van der Waals surface area contributed by atoms with Gasteiger partial charge >= 0.3 is 0 Å². The molecule has 1 fully saturated rings. The topological polar surface area (TPSA) is 105 Å². The van der Waals surface area contributed by atoms with Gasteiger partial charge in [-0.05, 0) is 59.6 Å². The summed E-state index contributed by atoms with van der Waals surface area (Å²) >= 11 is 0. The predicted octanol–water partition coefficient (Wildman–Crippen LogP) is 2.07. The first-order valence-electron chi connectivity index (χ1n) is 11.4. The molecule has 0 saturated carbocycles. The zero-order valence-corrected chi connectivity index (χ0v) is 18.0. The predicted molar refractivity (Wildman–Crippen MR) is 119 cm³/mol. The van der Waals surface area contributed by atoms with Gasteiger partial charge in [0.2, 0.25) is 11.8 Å². The number of fused-ring (bicyclic) bond motifs is 2. The van der Waals surface area contributed by atoms with Crippen LogP contribution in [0.1, 0.15) is 69.9 Å². The van der Waals surface area contributed by atoms with Gasteiger partial charge in [-0.3, -0.25) is 19.7 Å². The molecule has 7 nitrogen and oxygen atoms in total. The minimum absolute atomic E-state index is 0.131. The molecule has 32 heavy (non-hydrogen) atoms. The van der Waals surface area contributed by atoms with Gasteiger partial charge in [0.15, 0.2) is 0 Å². The lowest BCUT2D eigenvalue weighted by molar-refractivity contribution is -0.136. The first-order chi connectivity index (χ1) is 15.5. The number of nitrogens with one attached hydrogen (secondary N) is 2. The summed E-state index contributed by atoms with van der Waals surface area (Å²) in [6, 6.07) is 12.0. The van der Waals surface area contributed by atoms with Crippen molar-refractivity contribution >= 4 is 17.7 Å². The van der Waals surface area contributed by atoms with Crippen molar-refractivity contribution in [1.82, 2.24) is 15.5 Å². The fourth-order valence-corrected chi connectivity index (χ4v) is 5.26. The van der Waals surface area contributed by atoms with Crippen LogP contribution in [0, 0.1) is 0 Å². The number of hydrogen-bond acceptors (Lipinski definition) is 5. The average Bonchev–Trinajstić information content (AvgIpc) is 3.14. The molecule has 0 radical (unpaired) electrons. The van der Waals surface area contributed by atoms with Crippen LogP contribution in [0.4, 0.5) is 0 Å². The van der Waals surface area contributed by atoms with Crippen LogP contribution in [0.15, 0.2) is 36.4 Å². The summed E-state index contributed by atoms with van der Waals surface area (Å²) in [6.07, 6.45) is 3.93. The van der Waals surface area contributed by atoms with Gasteiger partial charge in [-0.25, -0.2) is 0 Å². The van der Waals surface area contributed by atoms with E-state index in [1.165, 1.54) is 11.1 Å². The van der Waals surface area contributed by atoms with Crippen LogP contribution in [-0.2, 0) is 35.6 Å². The monoisotopic (exact) mass is 432 g/mol. The molecule has 2 heterocycles. The molecule has 7 heteroatoms. The zero-order chi connectivity index (χ0) is 22.2. The average molecular weight is 433 g/mol. The van der Waals surface area contributed by atoms with Crippen molar-refractivity contribution in [2.24, 2.45) is 5.73 Å². The number of nitrogens with two attached hydrogens (primary N) is 1. The van der Waals surface area contributed by atoms with Crippen molar-refractivity contribution in [3.05, 3.63) is 69.8 Å². The van der Waals surface area contributed by atoms with E-state index in [2.05, 4.69) is 28.8 Å². The first-order valence-corrected chi connectivity index (χ1v) is 11.4. The number of piperidine rings is 1. The van der Waals surface area contributed by atoms with Crippen molar-refractivity contribution in [3.8, 4) is 0 Å². The van der Waals surface area contributed by atoms with Crippen LogP contribution in [0.3, 0.4) is 0 Å². The highest BCUT2D eigenvalue weighted by atomic mass is 16.2. The van der Waals surface area contributed by atoms with Crippen LogP contribution in [0.5, 0.6) is 0 Å². The Hall–Kier alpha value is -3.03. The van der Waals surface area contributed by atoms with Gasteiger partial charge in [0.1, 0.15) is 6.04 Å². The second-order valence-electron chi connectivity index (χ2n) is 8.91. The third-order valence-electron chi connectivity index (χ3n) is 6.98. The number of aryl methyl sites for hydroxylation is 1.